The molecule has 0 saturated carbocycles. The average Bonchev–Trinajstić information content (AvgIpc) is 2.00. The summed E-state index contributed by atoms with van der Waals surface area (Å²) in [5.74, 6) is 0. The van der Waals surface area contributed by atoms with Crippen LogP contribution in [-0.4, -0.2) is 37.1 Å². The number of hydrogen-bond donors (Lipinski definition) is 1. The maximum atomic E-state index is 8.93. The highest BCUT2D eigenvalue weighted by Crippen LogP contribution is 1.96. The molecule has 0 amide bonds. The van der Waals surface area contributed by atoms with E-state index < -0.39 is 0 Å². The minimum Gasteiger partial charge on any atom is -0.393 e. The predicted molar refractivity (Wildman–Crippen MR) is 48.2 cm³/mol. The Kier molecular flexibility index (Phi) is 7.45. The molecule has 3 heteroatoms. The molecular weight excluding hydrogens is 156 g/mol. The van der Waals surface area contributed by atoms with Crippen LogP contribution in [-0.2, 0) is 9.47 Å². The first-order valence-corrected chi connectivity index (χ1v) is 4.54. The molecule has 0 aliphatic heterocycles. The third kappa shape index (κ3) is 7.98. The van der Waals surface area contributed by atoms with Crippen LogP contribution in [0.5, 0.6) is 0 Å². The van der Waals surface area contributed by atoms with Gasteiger partial charge in [-0.2, -0.15) is 0 Å². The van der Waals surface area contributed by atoms with Crippen molar-refractivity contribution in [3.63, 3.8) is 0 Å². The fourth-order valence-corrected chi connectivity index (χ4v) is 0.772. The van der Waals surface area contributed by atoms with Crippen LogP contribution < -0.4 is 0 Å². The third-order valence-electron chi connectivity index (χ3n) is 1.49. The van der Waals surface area contributed by atoms with Crippen molar-refractivity contribution in [2.45, 2.75) is 39.4 Å². The summed E-state index contributed by atoms with van der Waals surface area (Å²) in [4.78, 5) is 0. The Labute approximate surface area is 74.7 Å². The van der Waals surface area contributed by atoms with Gasteiger partial charge in [-0.1, -0.05) is 0 Å². The first kappa shape index (κ1) is 11.9. The van der Waals surface area contributed by atoms with Crippen LogP contribution in [0.1, 0.15) is 27.2 Å². The van der Waals surface area contributed by atoms with Crippen molar-refractivity contribution < 1.29 is 14.6 Å². The van der Waals surface area contributed by atoms with Gasteiger partial charge in [0.05, 0.1) is 18.8 Å². The van der Waals surface area contributed by atoms with Gasteiger partial charge in [0.1, 0.15) is 0 Å². The molecule has 0 aromatic heterocycles. The lowest BCUT2D eigenvalue weighted by Crippen LogP contribution is -2.18. The molecule has 0 aliphatic carbocycles. The Morgan fingerprint density at radius 1 is 1.33 bits per heavy atom. The fraction of sp³-hybridized carbons (Fsp3) is 1.00. The molecule has 0 bridgehead atoms. The van der Waals surface area contributed by atoms with E-state index >= 15 is 0 Å². The van der Waals surface area contributed by atoms with E-state index in [1.165, 1.54) is 0 Å². The number of aliphatic hydroxyl groups is 1. The lowest BCUT2D eigenvalue weighted by atomic mass is 10.3. The molecule has 74 valence electrons. The smallest absolute Gasteiger partial charge is 0.0780 e. The van der Waals surface area contributed by atoms with Gasteiger partial charge >= 0.3 is 0 Å². The largest absolute Gasteiger partial charge is 0.393 e. The summed E-state index contributed by atoms with van der Waals surface area (Å²) < 4.78 is 10.5. The Hall–Kier alpha value is -0.120. The van der Waals surface area contributed by atoms with Gasteiger partial charge in [-0.15, -0.1) is 0 Å². The van der Waals surface area contributed by atoms with E-state index in [0.29, 0.717) is 19.6 Å². The molecule has 0 saturated heterocycles. The Bertz CT molecular complexity index is 93.8. The number of aliphatic hydroxyl groups excluding tert-OH is 1. The van der Waals surface area contributed by atoms with Crippen LogP contribution >= 0.6 is 0 Å². The van der Waals surface area contributed by atoms with Crippen LogP contribution in [0, 0.1) is 0 Å². The lowest BCUT2D eigenvalue weighted by molar-refractivity contribution is -0.0130. The molecule has 0 fully saturated rings. The van der Waals surface area contributed by atoms with Crippen molar-refractivity contribution in [2.24, 2.45) is 0 Å². The molecule has 0 rings (SSSR count). The maximum absolute atomic E-state index is 8.93. The highest BCUT2D eigenvalue weighted by atomic mass is 16.5. The zero-order valence-electron chi connectivity index (χ0n) is 8.25. The monoisotopic (exact) mass is 176 g/mol. The van der Waals surface area contributed by atoms with E-state index in [1.807, 2.05) is 13.8 Å². The third-order valence-corrected chi connectivity index (χ3v) is 1.49. The molecular formula is C9H20O3. The lowest BCUT2D eigenvalue weighted by Gasteiger charge is -2.13. The van der Waals surface area contributed by atoms with Gasteiger partial charge in [0.2, 0.25) is 0 Å². The minimum atomic E-state index is -0.274. The topological polar surface area (TPSA) is 38.7 Å². The van der Waals surface area contributed by atoms with E-state index in [1.54, 1.807) is 6.92 Å². The quantitative estimate of drug-likeness (QED) is 0.633. The maximum Gasteiger partial charge on any atom is 0.0780 e. The molecule has 1 N–H and O–H groups in total. The van der Waals surface area contributed by atoms with E-state index in [4.69, 9.17) is 14.6 Å². The molecule has 0 radical (unpaired) electrons. The van der Waals surface area contributed by atoms with Crippen molar-refractivity contribution in [1.29, 1.82) is 0 Å². The van der Waals surface area contributed by atoms with Crippen molar-refractivity contribution in [3.05, 3.63) is 0 Å². The van der Waals surface area contributed by atoms with Gasteiger partial charge in [-0.3, -0.25) is 0 Å². The Morgan fingerprint density at radius 3 is 2.50 bits per heavy atom. The van der Waals surface area contributed by atoms with Gasteiger partial charge < -0.3 is 14.6 Å². The predicted octanol–water partition coefficient (Wildman–Crippen LogP) is 1.20. The first-order valence-electron chi connectivity index (χ1n) is 4.54. The van der Waals surface area contributed by atoms with Crippen LogP contribution in [0.25, 0.3) is 0 Å². The van der Waals surface area contributed by atoms with Crippen LogP contribution in [0.4, 0.5) is 0 Å². The summed E-state index contributed by atoms with van der Waals surface area (Å²) in [5, 5.41) is 8.93. The zero-order valence-corrected chi connectivity index (χ0v) is 8.25. The van der Waals surface area contributed by atoms with E-state index in [-0.39, 0.29) is 12.2 Å². The summed E-state index contributed by atoms with van der Waals surface area (Å²) >= 11 is 0. The number of rotatable bonds is 7. The molecule has 0 heterocycles. The van der Waals surface area contributed by atoms with Gasteiger partial charge in [0.25, 0.3) is 0 Å². The Balaban J connectivity index is 3.13. The molecule has 2 atom stereocenters. The second-order valence-corrected chi connectivity index (χ2v) is 2.98. The number of hydrogen-bond acceptors (Lipinski definition) is 3. The molecule has 0 aromatic rings. The van der Waals surface area contributed by atoms with Gasteiger partial charge in [-0.05, 0) is 27.2 Å². The molecule has 12 heavy (non-hydrogen) atoms. The van der Waals surface area contributed by atoms with E-state index in [9.17, 15) is 0 Å². The van der Waals surface area contributed by atoms with E-state index in [0.717, 1.165) is 6.61 Å². The second-order valence-electron chi connectivity index (χ2n) is 2.98. The van der Waals surface area contributed by atoms with Gasteiger partial charge in [0, 0.05) is 13.2 Å². The van der Waals surface area contributed by atoms with Crippen molar-refractivity contribution >= 4 is 0 Å². The first-order chi connectivity index (χ1) is 5.66. The summed E-state index contributed by atoms with van der Waals surface area (Å²) in [5.41, 5.74) is 0. The summed E-state index contributed by atoms with van der Waals surface area (Å²) in [7, 11) is 0. The van der Waals surface area contributed by atoms with Crippen molar-refractivity contribution in [3.8, 4) is 0 Å². The fourth-order valence-electron chi connectivity index (χ4n) is 0.772. The van der Waals surface area contributed by atoms with Crippen LogP contribution in [0.15, 0.2) is 0 Å². The molecule has 0 aliphatic rings. The standard InChI is InChI=1S/C9H20O3/c1-4-11-7-9(3)12-6-5-8(2)10/h8-10H,4-7H2,1-3H3. The molecule has 0 spiro atoms. The van der Waals surface area contributed by atoms with Crippen molar-refractivity contribution in [2.75, 3.05) is 19.8 Å². The second kappa shape index (κ2) is 7.53. The molecule has 3 nitrogen and oxygen atoms in total. The minimum absolute atomic E-state index is 0.128. The summed E-state index contributed by atoms with van der Waals surface area (Å²) in [6, 6.07) is 0. The van der Waals surface area contributed by atoms with Crippen LogP contribution in [0.3, 0.4) is 0 Å². The average molecular weight is 176 g/mol. The molecule has 2 unspecified atom stereocenters. The molecule has 0 aromatic carbocycles. The number of ether oxygens (including phenoxy) is 2. The van der Waals surface area contributed by atoms with Crippen LogP contribution in [0.2, 0.25) is 0 Å². The van der Waals surface area contributed by atoms with Crippen molar-refractivity contribution in [1.82, 2.24) is 0 Å². The summed E-state index contributed by atoms with van der Waals surface area (Å²) in [6.07, 6.45) is 0.546. The van der Waals surface area contributed by atoms with Gasteiger partial charge in [-0.25, -0.2) is 0 Å². The van der Waals surface area contributed by atoms with Gasteiger partial charge in [0.15, 0.2) is 0 Å². The highest BCUT2D eigenvalue weighted by molar-refractivity contribution is 4.49. The summed E-state index contributed by atoms with van der Waals surface area (Å²) in [6.45, 7) is 7.66. The normalized spacial score (nSPS) is 16.0. The zero-order chi connectivity index (χ0) is 9.40. The Morgan fingerprint density at radius 2 is 2.00 bits per heavy atom. The SMILES string of the molecule is CCOCC(C)OCCC(C)O. The highest BCUT2D eigenvalue weighted by Gasteiger charge is 2.02. The van der Waals surface area contributed by atoms with E-state index in [2.05, 4.69) is 0 Å².